The second-order valence-corrected chi connectivity index (χ2v) is 6.50. The summed E-state index contributed by atoms with van der Waals surface area (Å²) in [5.74, 6) is -0.0597. The lowest BCUT2D eigenvalue weighted by Crippen LogP contribution is -2.56. The molecule has 19 heavy (non-hydrogen) atoms. The van der Waals surface area contributed by atoms with Crippen molar-refractivity contribution in [1.29, 1.82) is 0 Å². The average Bonchev–Trinajstić information content (AvgIpc) is 2.98. The lowest BCUT2D eigenvalue weighted by atomic mass is 10.1. The molecular weight excluding hydrogens is 280 g/mol. The fourth-order valence-electron chi connectivity index (χ4n) is 2.38. The van der Waals surface area contributed by atoms with E-state index in [9.17, 15) is 9.59 Å². The Kier molecular flexibility index (Phi) is 3.28. The van der Waals surface area contributed by atoms with E-state index in [0.717, 1.165) is 14.3 Å². The topological polar surface area (TPSA) is 49.4 Å². The molecule has 0 radical (unpaired) electrons. The van der Waals surface area contributed by atoms with E-state index in [1.165, 1.54) is 11.3 Å². The molecule has 0 aliphatic carbocycles. The Hall–Kier alpha value is -1.40. The van der Waals surface area contributed by atoms with E-state index in [-0.39, 0.29) is 17.9 Å². The molecule has 0 saturated carbocycles. The van der Waals surface area contributed by atoms with E-state index in [4.69, 9.17) is 0 Å². The Morgan fingerprint density at radius 2 is 2.37 bits per heavy atom. The van der Waals surface area contributed by atoms with Crippen LogP contribution >= 0.6 is 22.7 Å². The van der Waals surface area contributed by atoms with Crippen LogP contribution in [-0.4, -0.2) is 35.8 Å². The molecule has 1 aliphatic rings. The van der Waals surface area contributed by atoms with Crippen LogP contribution < -0.4 is 5.32 Å². The molecule has 1 unspecified atom stereocenters. The molecule has 6 heteroatoms. The zero-order valence-corrected chi connectivity index (χ0v) is 12.1. The van der Waals surface area contributed by atoms with E-state index in [2.05, 4.69) is 5.32 Å². The van der Waals surface area contributed by atoms with Gasteiger partial charge in [0.1, 0.15) is 6.04 Å². The first kappa shape index (κ1) is 12.6. The van der Waals surface area contributed by atoms with Crippen LogP contribution in [0.25, 0.3) is 9.40 Å². The van der Waals surface area contributed by atoms with Crippen molar-refractivity contribution in [1.82, 2.24) is 10.2 Å². The number of piperazine rings is 1. The number of amides is 2. The molecule has 3 heterocycles. The molecule has 2 amide bonds. The van der Waals surface area contributed by atoms with Crippen LogP contribution in [0.1, 0.15) is 23.0 Å². The molecule has 4 nitrogen and oxygen atoms in total. The van der Waals surface area contributed by atoms with Crippen molar-refractivity contribution >= 4 is 43.9 Å². The van der Waals surface area contributed by atoms with Gasteiger partial charge in [-0.05, 0) is 23.9 Å². The molecule has 1 atom stereocenters. The zero-order chi connectivity index (χ0) is 13.4. The summed E-state index contributed by atoms with van der Waals surface area (Å²) in [6, 6.07) is 3.63. The van der Waals surface area contributed by atoms with Crippen LogP contribution in [0.4, 0.5) is 0 Å². The smallest absolute Gasteiger partial charge is 0.264 e. The SMILES string of the molecule is CCC1C(=O)NCCN1C(=O)c1cc2sccc2s1. The van der Waals surface area contributed by atoms with Gasteiger partial charge < -0.3 is 10.2 Å². The highest BCUT2D eigenvalue weighted by molar-refractivity contribution is 7.27. The van der Waals surface area contributed by atoms with Gasteiger partial charge in [-0.3, -0.25) is 9.59 Å². The van der Waals surface area contributed by atoms with E-state index < -0.39 is 0 Å². The van der Waals surface area contributed by atoms with Crippen LogP contribution in [0.3, 0.4) is 0 Å². The predicted octanol–water partition coefficient (Wildman–Crippen LogP) is 2.31. The molecule has 2 aromatic heterocycles. The highest BCUT2D eigenvalue weighted by Gasteiger charge is 2.32. The summed E-state index contributed by atoms with van der Waals surface area (Å²) < 4.78 is 2.28. The van der Waals surface area contributed by atoms with Crippen LogP contribution in [0.15, 0.2) is 17.5 Å². The molecule has 3 rings (SSSR count). The largest absolute Gasteiger partial charge is 0.353 e. The molecule has 1 fully saturated rings. The molecule has 0 bridgehead atoms. The van der Waals surface area contributed by atoms with Crippen molar-refractivity contribution in [2.45, 2.75) is 19.4 Å². The van der Waals surface area contributed by atoms with Gasteiger partial charge in [-0.2, -0.15) is 0 Å². The second kappa shape index (κ2) is 4.94. The molecule has 0 aromatic carbocycles. The van der Waals surface area contributed by atoms with E-state index in [1.807, 2.05) is 24.4 Å². The van der Waals surface area contributed by atoms with Gasteiger partial charge in [-0.15, -0.1) is 22.7 Å². The fourth-order valence-corrected chi connectivity index (χ4v) is 4.44. The van der Waals surface area contributed by atoms with Gasteiger partial charge in [0.05, 0.1) is 4.88 Å². The molecule has 0 spiro atoms. The number of nitrogens with one attached hydrogen (secondary N) is 1. The highest BCUT2D eigenvalue weighted by atomic mass is 32.1. The first-order chi connectivity index (χ1) is 9.20. The standard InChI is InChI=1S/C13H14N2O2S2/c1-2-8-12(16)14-4-5-15(8)13(17)11-7-10-9(19-11)3-6-18-10/h3,6-8H,2,4-5H2,1H3,(H,14,16). The Bertz CT molecular complexity index is 603. The number of carbonyl (C=O) groups excluding carboxylic acids is 2. The number of hydrogen-bond donors (Lipinski definition) is 1. The van der Waals surface area contributed by atoms with Crippen LogP contribution in [0, 0.1) is 0 Å². The summed E-state index contributed by atoms with van der Waals surface area (Å²) in [6.07, 6.45) is 0.650. The Morgan fingerprint density at radius 3 is 3.11 bits per heavy atom. The Balaban J connectivity index is 1.89. The Morgan fingerprint density at radius 1 is 1.53 bits per heavy atom. The lowest BCUT2D eigenvalue weighted by Gasteiger charge is -2.34. The van der Waals surface area contributed by atoms with Crippen molar-refractivity contribution in [2.24, 2.45) is 0 Å². The highest BCUT2D eigenvalue weighted by Crippen LogP contribution is 2.31. The minimum atomic E-state index is -0.332. The summed E-state index contributed by atoms with van der Waals surface area (Å²) >= 11 is 3.15. The van der Waals surface area contributed by atoms with Crippen molar-refractivity contribution in [2.75, 3.05) is 13.1 Å². The summed E-state index contributed by atoms with van der Waals surface area (Å²) in [5.41, 5.74) is 0. The number of fused-ring (bicyclic) bond motifs is 1. The van der Waals surface area contributed by atoms with Crippen molar-refractivity contribution in [3.63, 3.8) is 0 Å². The van der Waals surface area contributed by atoms with Gasteiger partial charge in [-0.25, -0.2) is 0 Å². The third kappa shape index (κ3) is 2.15. The Labute approximate surface area is 119 Å². The van der Waals surface area contributed by atoms with Gasteiger partial charge in [0, 0.05) is 22.5 Å². The molecule has 100 valence electrons. The maximum atomic E-state index is 12.5. The van der Waals surface area contributed by atoms with Gasteiger partial charge in [0.25, 0.3) is 5.91 Å². The second-order valence-electron chi connectivity index (χ2n) is 4.47. The van der Waals surface area contributed by atoms with Gasteiger partial charge in [-0.1, -0.05) is 6.92 Å². The summed E-state index contributed by atoms with van der Waals surface area (Å²) in [7, 11) is 0. The maximum Gasteiger partial charge on any atom is 0.264 e. The summed E-state index contributed by atoms with van der Waals surface area (Å²) in [5, 5.41) is 4.84. The first-order valence-corrected chi connectivity index (χ1v) is 7.96. The maximum absolute atomic E-state index is 12.5. The number of nitrogens with zero attached hydrogens (tertiary/aromatic N) is 1. The van der Waals surface area contributed by atoms with Gasteiger partial charge >= 0.3 is 0 Å². The zero-order valence-electron chi connectivity index (χ0n) is 10.5. The number of hydrogen-bond acceptors (Lipinski definition) is 4. The van der Waals surface area contributed by atoms with Crippen molar-refractivity contribution in [3.8, 4) is 0 Å². The van der Waals surface area contributed by atoms with Crippen LogP contribution in [0.2, 0.25) is 0 Å². The minimum absolute atomic E-state index is 0.0184. The monoisotopic (exact) mass is 294 g/mol. The van der Waals surface area contributed by atoms with Gasteiger partial charge in [0.2, 0.25) is 5.91 Å². The fraction of sp³-hybridized carbons (Fsp3) is 0.385. The average molecular weight is 294 g/mol. The van der Waals surface area contributed by atoms with Crippen molar-refractivity contribution in [3.05, 3.63) is 22.4 Å². The van der Waals surface area contributed by atoms with E-state index in [1.54, 1.807) is 16.2 Å². The van der Waals surface area contributed by atoms with Crippen LogP contribution in [0.5, 0.6) is 0 Å². The quantitative estimate of drug-likeness (QED) is 0.924. The minimum Gasteiger partial charge on any atom is -0.353 e. The van der Waals surface area contributed by atoms with Crippen LogP contribution in [-0.2, 0) is 4.79 Å². The summed E-state index contributed by atoms with van der Waals surface area (Å²) in [6.45, 7) is 3.07. The normalized spacial score (nSPS) is 19.7. The van der Waals surface area contributed by atoms with Gasteiger partial charge in [0.15, 0.2) is 0 Å². The molecule has 1 saturated heterocycles. The molecule has 2 aromatic rings. The van der Waals surface area contributed by atoms with E-state index in [0.29, 0.717) is 19.5 Å². The van der Waals surface area contributed by atoms with E-state index >= 15 is 0 Å². The molecular formula is C13H14N2O2S2. The predicted molar refractivity (Wildman–Crippen MR) is 77.8 cm³/mol. The third-order valence-corrected chi connectivity index (χ3v) is 5.41. The van der Waals surface area contributed by atoms with Crippen molar-refractivity contribution < 1.29 is 9.59 Å². The first-order valence-electron chi connectivity index (χ1n) is 6.26. The molecule has 1 N–H and O–H groups in total. The number of carbonyl (C=O) groups is 2. The third-order valence-electron chi connectivity index (χ3n) is 3.33. The lowest BCUT2D eigenvalue weighted by molar-refractivity contribution is -0.127. The molecule has 1 aliphatic heterocycles. The number of rotatable bonds is 2. The number of thiophene rings is 2. The summed E-state index contributed by atoms with van der Waals surface area (Å²) in [4.78, 5) is 26.8.